The van der Waals surface area contributed by atoms with Crippen LogP contribution in [0.1, 0.15) is 42.7 Å². The Balaban J connectivity index is 1.78. The first-order chi connectivity index (χ1) is 10.5. The summed E-state index contributed by atoms with van der Waals surface area (Å²) in [6.07, 6.45) is 2.32. The Bertz CT molecular complexity index is 662. The fraction of sp³-hybridized carbons (Fsp3) is 0.444. The second-order valence-electron chi connectivity index (χ2n) is 6.36. The van der Waals surface area contributed by atoms with Crippen molar-refractivity contribution in [1.82, 2.24) is 9.88 Å². The van der Waals surface area contributed by atoms with Gasteiger partial charge in [0.05, 0.1) is 0 Å². The Morgan fingerprint density at radius 1 is 1.23 bits per heavy atom. The van der Waals surface area contributed by atoms with Gasteiger partial charge in [-0.05, 0) is 44.7 Å². The molecule has 0 bridgehead atoms. The maximum atomic E-state index is 12.7. The lowest BCUT2D eigenvalue weighted by Crippen LogP contribution is -2.44. The summed E-state index contributed by atoms with van der Waals surface area (Å²) in [5, 5.41) is 3.06. The molecule has 0 unspecified atom stereocenters. The van der Waals surface area contributed by atoms with E-state index in [-0.39, 0.29) is 5.91 Å². The minimum atomic E-state index is 0.154. The first-order valence-electron chi connectivity index (χ1n) is 7.88. The fourth-order valence-electron chi connectivity index (χ4n) is 2.98. The molecule has 0 radical (unpaired) electrons. The van der Waals surface area contributed by atoms with Crippen molar-refractivity contribution in [1.29, 1.82) is 0 Å². The monoisotopic (exact) mass is 314 g/mol. The summed E-state index contributed by atoms with van der Waals surface area (Å²) in [4.78, 5) is 19.2. The molecule has 2 aromatic rings. The Morgan fingerprint density at radius 2 is 1.95 bits per heavy atom. The SMILES string of the molecule is Cc1csc(-c2ccc(C(=O)N3C[C@H](C)CC[C@@H]3C)cc2)n1. The third-order valence-electron chi connectivity index (χ3n) is 4.38. The molecule has 22 heavy (non-hydrogen) atoms. The number of carbonyl (C=O) groups excluding carboxylic acids is 1. The van der Waals surface area contributed by atoms with Crippen molar-refractivity contribution in [2.75, 3.05) is 6.54 Å². The Labute approximate surface area is 136 Å². The van der Waals surface area contributed by atoms with Gasteiger partial charge in [0.15, 0.2) is 0 Å². The number of nitrogens with zero attached hydrogens (tertiary/aromatic N) is 2. The minimum Gasteiger partial charge on any atom is -0.336 e. The molecule has 2 atom stereocenters. The van der Waals surface area contributed by atoms with Crippen LogP contribution in [0.25, 0.3) is 10.6 Å². The van der Waals surface area contributed by atoms with Gasteiger partial charge in [-0.25, -0.2) is 4.98 Å². The highest BCUT2D eigenvalue weighted by atomic mass is 32.1. The zero-order valence-electron chi connectivity index (χ0n) is 13.4. The highest BCUT2D eigenvalue weighted by Gasteiger charge is 2.27. The van der Waals surface area contributed by atoms with Crippen LogP contribution in [-0.2, 0) is 0 Å². The van der Waals surface area contributed by atoms with Crippen LogP contribution in [0.2, 0.25) is 0 Å². The quantitative estimate of drug-likeness (QED) is 0.824. The lowest BCUT2D eigenvalue weighted by atomic mass is 9.94. The largest absolute Gasteiger partial charge is 0.336 e. The summed E-state index contributed by atoms with van der Waals surface area (Å²) in [6.45, 7) is 7.24. The molecule has 1 aliphatic heterocycles. The first kappa shape index (κ1) is 15.2. The van der Waals surface area contributed by atoms with E-state index in [0.29, 0.717) is 12.0 Å². The molecule has 1 aliphatic rings. The van der Waals surface area contributed by atoms with Crippen LogP contribution in [0.5, 0.6) is 0 Å². The van der Waals surface area contributed by atoms with Gasteiger partial charge in [-0.15, -0.1) is 11.3 Å². The lowest BCUT2D eigenvalue weighted by Gasteiger charge is -2.36. The number of hydrogen-bond donors (Lipinski definition) is 0. The van der Waals surface area contributed by atoms with Crippen molar-refractivity contribution in [2.45, 2.75) is 39.7 Å². The Morgan fingerprint density at radius 3 is 2.59 bits per heavy atom. The summed E-state index contributed by atoms with van der Waals surface area (Å²) in [7, 11) is 0. The summed E-state index contributed by atoms with van der Waals surface area (Å²) < 4.78 is 0. The van der Waals surface area contributed by atoms with E-state index < -0.39 is 0 Å². The predicted molar refractivity (Wildman–Crippen MR) is 91.2 cm³/mol. The number of likely N-dealkylation sites (tertiary alicyclic amines) is 1. The van der Waals surface area contributed by atoms with Crippen molar-refractivity contribution < 1.29 is 4.79 Å². The van der Waals surface area contributed by atoms with Crippen LogP contribution >= 0.6 is 11.3 Å². The maximum Gasteiger partial charge on any atom is 0.254 e. The van der Waals surface area contributed by atoms with E-state index in [0.717, 1.165) is 34.8 Å². The van der Waals surface area contributed by atoms with Crippen molar-refractivity contribution >= 4 is 17.2 Å². The maximum absolute atomic E-state index is 12.7. The number of hydrogen-bond acceptors (Lipinski definition) is 3. The number of carbonyl (C=O) groups is 1. The van der Waals surface area contributed by atoms with Crippen LogP contribution in [0, 0.1) is 12.8 Å². The van der Waals surface area contributed by atoms with Gasteiger partial charge in [-0.1, -0.05) is 19.1 Å². The third-order valence-corrected chi connectivity index (χ3v) is 5.39. The molecule has 2 heterocycles. The molecular formula is C18H22N2OS. The van der Waals surface area contributed by atoms with Gasteiger partial charge in [-0.2, -0.15) is 0 Å². The number of benzene rings is 1. The van der Waals surface area contributed by atoms with E-state index in [2.05, 4.69) is 18.8 Å². The van der Waals surface area contributed by atoms with Gasteiger partial charge in [-0.3, -0.25) is 4.79 Å². The smallest absolute Gasteiger partial charge is 0.254 e. The second kappa shape index (κ2) is 6.21. The zero-order chi connectivity index (χ0) is 15.7. The first-order valence-corrected chi connectivity index (χ1v) is 8.76. The molecule has 3 rings (SSSR count). The Hall–Kier alpha value is -1.68. The van der Waals surface area contributed by atoms with E-state index >= 15 is 0 Å². The molecule has 1 fully saturated rings. The number of thiazole rings is 1. The molecule has 0 saturated carbocycles. The average Bonchev–Trinajstić information content (AvgIpc) is 2.96. The third kappa shape index (κ3) is 3.07. The van der Waals surface area contributed by atoms with Gasteiger partial charge in [0.1, 0.15) is 5.01 Å². The van der Waals surface area contributed by atoms with E-state index in [1.165, 1.54) is 6.42 Å². The standard InChI is InChI=1S/C18H22N2OS/c1-12-4-5-14(3)20(10-12)18(21)16-8-6-15(7-9-16)17-19-13(2)11-22-17/h6-9,11-12,14H,4-5,10H2,1-3H3/t12-,14+/m1/s1. The molecule has 0 N–H and O–H groups in total. The number of piperidine rings is 1. The van der Waals surface area contributed by atoms with Crippen LogP contribution in [-0.4, -0.2) is 28.4 Å². The summed E-state index contributed by atoms with van der Waals surface area (Å²) in [5.74, 6) is 0.749. The molecule has 1 amide bonds. The topological polar surface area (TPSA) is 33.2 Å². The highest BCUT2D eigenvalue weighted by molar-refractivity contribution is 7.13. The van der Waals surface area contributed by atoms with Crippen molar-refractivity contribution in [3.63, 3.8) is 0 Å². The van der Waals surface area contributed by atoms with Gasteiger partial charge in [0.25, 0.3) is 5.91 Å². The zero-order valence-corrected chi connectivity index (χ0v) is 14.2. The van der Waals surface area contributed by atoms with E-state index in [4.69, 9.17) is 0 Å². The van der Waals surface area contributed by atoms with Crippen molar-refractivity contribution in [2.24, 2.45) is 5.92 Å². The molecule has 116 valence electrons. The van der Waals surface area contributed by atoms with E-state index in [1.54, 1.807) is 11.3 Å². The van der Waals surface area contributed by atoms with Crippen molar-refractivity contribution in [3.8, 4) is 10.6 Å². The van der Waals surface area contributed by atoms with E-state index in [9.17, 15) is 4.79 Å². The average molecular weight is 314 g/mol. The molecule has 0 aliphatic carbocycles. The lowest BCUT2D eigenvalue weighted by molar-refractivity contribution is 0.0574. The van der Waals surface area contributed by atoms with Gasteiger partial charge in [0.2, 0.25) is 0 Å². The van der Waals surface area contributed by atoms with Gasteiger partial charge in [0, 0.05) is 34.8 Å². The summed E-state index contributed by atoms with van der Waals surface area (Å²) in [6, 6.07) is 8.21. The molecule has 1 saturated heterocycles. The van der Waals surface area contributed by atoms with Crippen LogP contribution < -0.4 is 0 Å². The number of aryl methyl sites for hydroxylation is 1. The molecular weight excluding hydrogens is 292 g/mol. The predicted octanol–water partition coefficient (Wildman–Crippen LogP) is 4.38. The molecule has 1 aromatic carbocycles. The molecule has 0 spiro atoms. The van der Waals surface area contributed by atoms with Crippen LogP contribution in [0.3, 0.4) is 0 Å². The highest BCUT2D eigenvalue weighted by Crippen LogP contribution is 2.26. The van der Waals surface area contributed by atoms with Gasteiger partial charge < -0.3 is 4.90 Å². The molecule has 4 heteroatoms. The fourth-order valence-corrected chi connectivity index (χ4v) is 3.78. The van der Waals surface area contributed by atoms with Crippen LogP contribution in [0.15, 0.2) is 29.6 Å². The number of rotatable bonds is 2. The van der Waals surface area contributed by atoms with Crippen molar-refractivity contribution in [3.05, 3.63) is 40.9 Å². The summed E-state index contributed by atoms with van der Waals surface area (Å²) >= 11 is 1.64. The second-order valence-corrected chi connectivity index (χ2v) is 7.22. The molecule has 3 nitrogen and oxygen atoms in total. The van der Waals surface area contributed by atoms with Crippen LogP contribution in [0.4, 0.5) is 0 Å². The summed E-state index contributed by atoms with van der Waals surface area (Å²) in [5.41, 5.74) is 2.89. The van der Waals surface area contributed by atoms with E-state index in [1.807, 2.05) is 41.5 Å². The Kier molecular flexibility index (Phi) is 4.30. The number of amides is 1. The minimum absolute atomic E-state index is 0.154. The normalized spacial score (nSPS) is 21.9. The van der Waals surface area contributed by atoms with Gasteiger partial charge >= 0.3 is 0 Å². The number of aromatic nitrogens is 1. The molecule has 1 aromatic heterocycles.